The van der Waals surface area contributed by atoms with Gasteiger partial charge in [0, 0.05) is 12.7 Å². The number of rotatable bonds is 3. The molecule has 0 radical (unpaired) electrons. The van der Waals surface area contributed by atoms with Crippen LogP contribution in [0.5, 0.6) is 0 Å². The highest BCUT2D eigenvalue weighted by Gasteiger charge is 2.30. The van der Waals surface area contributed by atoms with Gasteiger partial charge in [-0.2, -0.15) is 0 Å². The lowest BCUT2D eigenvalue weighted by Crippen LogP contribution is -2.32. The van der Waals surface area contributed by atoms with Gasteiger partial charge in [-0.25, -0.2) is 4.39 Å². The van der Waals surface area contributed by atoms with Crippen molar-refractivity contribution in [3.05, 3.63) is 65.7 Å². The lowest BCUT2D eigenvalue weighted by atomic mass is 10.1. The summed E-state index contributed by atoms with van der Waals surface area (Å²) in [4.78, 5) is 18.8. The summed E-state index contributed by atoms with van der Waals surface area (Å²) < 4.78 is 12.9. The molecular weight excluding hydrogens is 267 g/mol. The SMILES string of the molecule is O=C(Cc1ccc(F)cc1)N1CCCC1c1ccccn1. The number of carbonyl (C=O) groups excluding carboxylic acids is 1. The van der Waals surface area contributed by atoms with Gasteiger partial charge in [0.05, 0.1) is 18.2 Å². The maximum atomic E-state index is 12.9. The number of hydrogen-bond donors (Lipinski definition) is 0. The second-order valence-corrected chi connectivity index (χ2v) is 5.30. The maximum absolute atomic E-state index is 12.9. The Morgan fingerprint density at radius 3 is 2.76 bits per heavy atom. The van der Waals surface area contributed by atoms with Crippen LogP contribution in [0, 0.1) is 5.82 Å². The van der Waals surface area contributed by atoms with E-state index in [0.29, 0.717) is 6.42 Å². The first-order valence-electron chi connectivity index (χ1n) is 7.19. The van der Waals surface area contributed by atoms with E-state index in [1.807, 2.05) is 23.1 Å². The monoisotopic (exact) mass is 284 g/mol. The third kappa shape index (κ3) is 3.10. The van der Waals surface area contributed by atoms with E-state index in [1.165, 1.54) is 12.1 Å². The fourth-order valence-corrected chi connectivity index (χ4v) is 2.82. The van der Waals surface area contributed by atoms with E-state index in [1.54, 1.807) is 18.3 Å². The molecule has 21 heavy (non-hydrogen) atoms. The van der Waals surface area contributed by atoms with Crippen LogP contribution in [0.25, 0.3) is 0 Å². The van der Waals surface area contributed by atoms with Gasteiger partial charge in [-0.1, -0.05) is 18.2 Å². The van der Waals surface area contributed by atoms with Gasteiger partial charge >= 0.3 is 0 Å². The van der Waals surface area contributed by atoms with E-state index >= 15 is 0 Å². The highest BCUT2D eigenvalue weighted by molar-refractivity contribution is 5.79. The second-order valence-electron chi connectivity index (χ2n) is 5.30. The Bertz CT molecular complexity index is 612. The number of aromatic nitrogens is 1. The van der Waals surface area contributed by atoms with Gasteiger partial charge in [0.2, 0.25) is 5.91 Å². The number of halogens is 1. The lowest BCUT2D eigenvalue weighted by molar-refractivity contribution is -0.131. The van der Waals surface area contributed by atoms with Gasteiger partial charge in [0.15, 0.2) is 0 Å². The van der Waals surface area contributed by atoms with Crippen LogP contribution in [-0.4, -0.2) is 22.3 Å². The van der Waals surface area contributed by atoms with Crippen LogP contribution in [0.2, 0.25) is 0 Å². The molecule has 2 heterocycles. The highest BCUT2D eigenvalue weighted by atomic mass is 19.1. The van der Waals surface area contributed by atoms with Gasteiger partial charge < -0.3 is 4.90 Å². The van der Waals surface area contributed by atoms with Crippen molar-refractivity contribution in [3.63, 3.8) is 0 Å². The minimum absolute atomic E-state index is 0.0687. The molecule has 0 saturated carbocycles. The summed E-state index contributed by atoms with van der Waals surface area (Å²) in [5, 5.41) is 0. The summed E-state index contributed by atoms with van der Waals surface area (Å²) in [7, 11) is 0. The third-order valence-corrected chi connectivity index (χ3v) is 3.87. The van der Waals surface area contributed by atoms with Crippen LogP contribution in [0.1, 0.15) is 30.1 Å². The molecule has 1 aliphatic heterocycles. The van der Waals surface area contributed by atoms with Gasteiger partial charge in [0.25, 0.3) is 0 Å². The quantitative estimate of drug-likeness (QED) is 0.867. The predicted molar refractivity (Wildman–Crippen MR) is 78.0 cm³/mol. The van der Waals surface area contributed by atoms with Gasteiger partial charge in [0.1, 0.15) is 5.82 Å². The zero-order valence-electron chi connectivity index (χ0n) is 11.7. The minimum atomic E-state index is -0.279. The summed E-state index contributed by atoms with van der Waals surface area (Å²) in [6.45, 7) is 0.765. The van der Waals surface area contributed by atoms with Crippen LogP contribution in [0.3, 0.4) is 0 Å². The van der Waals surface area contributed by atoms with Crippen molar-refractivity contribution >= 4 is 5.91 Å². The molecule has 3 nitrogen and oxygen atoms in total. The average Bonchev–Trinajstić information content (AvgIpc) is 3.00. The minimum Gasteiger partial charge on any atom is -0.334 e. The number of carbonyl (C=O) groups is 1. The van der Waals surface area contributed by atoms with Crippen molar-refractivity contribution in [2.75, 3.05) is 6.54 Å². The molecule has 1 aromatic carbocycles. The molecule has 4 heteroatoms. The van der Waals surface area contributed by atoms with Crippen LogP contribution < -0.4 is 0 Å². The second kappa shape index (κ2) is 6.04. The maximum Gasteiger partial charge on any atom is 0.227 e. The van der Waals surface area contributed by atoms with E-state index in [0.717, 1.165) is 30.6 Å². The average molecular weight is 284 g/mol. The Hall–Kier alpha value is -2.23. The van der Waals surface area contributed by atoms with Crippen LogP contribution in [-0.2, 0) is 11.2 Å². The fraction of sp³-hybridized carbons (Fsp3) is 0.294. The Balaban J connectivity index is 1.73. The van der Waals surface area contributed by atoms with Crippen LogP contribution in [0.4, 0.5) is 4.39 Å². The van der Waals surface area contributed by atoms with E-state index in [4.69, 9.17) is 0 Å². The molecule has 1 unspecified atom stereocenters. The first-order valence-corrected chi connectivity index (χ1v) is 7.19. The van der Waals surface area contributed by atoms with Gasteiger partial charge in [-0.05, 0) is 42.7 Å². The number of nitrogens with zero attached hydrogens (tertiary/aromatic N) is 2. The van der Waals surface area contributed by atoms with E-state index in [-0.39, 0.29) is 17.8 Å². The summed E-state index contributed by atoms with van der Waals surface area (Å²) >= 11 is 0. The molecule has 1 aliphatic rings. The molecule has 1 aromatic heterocycles. The number of hydrogen-bond acceptors (Lipinski definition) is 2. The van der Waals surface area contributed by atoms with Crippen molar-refractivity contribution in [2.24, 2.45) is 0 Å². The van der Waals surface area contributed by atoms with Crippen molar-refractivity contribution in [2.45, 2.75) is 25.3 Å². The zero-order chi connectivity index (χ0) is 14.7. The normalized spacial score (nSPS) is 18.0. The fourth-order valence-electron chi connectivity index (χ4n) is 2.82. The topological polar surface area (TPSA) is 33.2 Å². The highest BCUT2D eigenvalue weighted by Crippen LogP contribution is 2.31. The first kappa shape index (κ1) is 13.7. The lowest BCUT2D eigenvalue weighted by Gasteiger charge is -2.24. The number of pyridine rings is 1. The largest absolute Gasteiger partial charge is 0.334 e. The Morgan fingerprint density at radius 2 is 2.05 bits per heavy atom. The summed E-state index contributed by atoms with van der Waals surface area (Å²) in [5.41, 5.74) is 1.79. The molecule has 1 atom stereocenters. The standard InChI is InChI=1S/C17H17FN2O/c18-14-8-6-13(7-9-14)12-17(21)20-11-3-5-16(20)15-4-1-2-10-19-15/h1-2,4,6-10,16H,3,5,11-12H2. The molecule has 1 amide bonds. The molecule has 0 spiro atoms. The third-order valence-electron chi connectivity index (χ3n) is 3.87. The van der Waals surface area contributed by atoms with Crippen LogP contribution >= 0.6 is 0 Å². The Morgan fingerprint density at radius 1 is 1.24 bits per heavy atom. The van der Waals surface area contributed by atoms with Crippen molar-refractivity contribution in [3.8, 4) is 0 Å². The molecule has 0 aliphatic carbocycles. The molecule has 0 bridgehead atoms. The smallest absolute Gasteiger partial charge is 0.227 e. The molecule has 2 aromatic rings. The number of amides is 1. The van der Waals surface area contributed by atoms with Crippen molar-refractivity contribution in [1.82, 2.24) is 9.88 Å². The van der Waals surface area contributed by atoms with Crippen molar-refractivity contribution in [1.29, 1.82) is 0 Å². The molecule has 1 fully saturated rings. The summed E-state index contributed by atoms with van der Waals surface area (Å²) in [6.07, 6.45) is 4.02. The molecule has 1 saturated heterocycles. The van der Waals surface area contributed by atoms with E-state index < -0.39 is 0 Å². The Kier molecular flexibility index (Phi) is 3.95. The molecule has 3 rings (SSSR count). The summed E-state index contributed by atoms with van der Waals surface area (Å²) in [5.74, 6) is -0.200. The van der Waals surface area contributed by atoms with E-state index in [9.17, 15) is 9.18 Å². The van der Waals surface area contributed by atoms with Gasteiger partial charge in [-0.15, -0.1) is 0 Å². The zero-order valence-corrected chi connectivity index (χ0v) is 11.7. The molecular formula is C17H17FN2O. The van der Waals surface area contributed by atoms with Crippen LogP contribution in [0.15, 0.2) is 48.7 Å². The number of benzene rings is 1. The Labute approximate surface area is 123 Å². The van der Waals surface area contributed by atoms with Gasteiger partial charge in [-0.3, -0.25) is 9.78 Å². The predicted octanol–water partition coefficient (Wildman–Crippen LogP) is 3.13. The van der Waals surface area contributed by atoms with Crippen molar-refractivity contribution < 1.29 is 9.18 Å². The summed E-state index contributed by atoms with van der Waals surface area (Å²) in [6, 6.07) is 12.0. The molecule has 108 valence electrons. The number of likely N-dealkylation sites (tertiary alicyclic amines) is 1. The first-order chi connectivity index (χ1) is 10.2. The molecule has 0 N–H and O–H groups in total. The van der Waals surface area contributed by atoms with E-state index in [2.05, 4.69) is 4.98 Å².